The summed E-state index contributed by atoms with van der Waals surface area (Å²) in [6.07, 6.45) is 2.08. The van der Waals surface area contributed by atoms with Crippen LogP contribution < -0.4 is 5.32 Å². The Kier molecular flexibility index (Phi) is 4.41. The number of rotatable bonds is 4. The number of carbonyl (C=O) groups is 1. The third kappa shape index (κ3) is 3.06. The van der Waals surface area contributed by atoms with Gasteiger partial charge in [-0.15, -0.1) is 0 Å². The molecule has 1 aliphatic heterocycles. The second kappa shape index (κ2) is 5.87. The Morgan fingerprint density at radius 2 is 1.95 bits per heavy atom. The van der Waals surface area contributed by atoms with E-state index in [1.165, 1.54) is 11.1 Å². The summed E-state index contributed by atoms with van der Waals surface area (Å²) in [5, 5.41) is 3.31. The molecular weight excluding hydrogens is 234 g/mol. The number of benzene rings is 1. The van der Waals surface area contributed by atoms with E-state index in [0.717, 1.165) is 24.9 Å². The Morgan fingerprint density at radius 3 is 2.47 bits per heavy atom. The summed E-state index contributed by atoms with van der Waals surface area (Å²) in [6, 6.07) is 6.39. The second-order valence-electron chi connectivity index (χ2n) is 6.17. The Morgan fingerprint density at radius 1 is 1.21 bits per heavy atom. The molecule has 2 heteroatoms. The molecule has 0 saturated carbocycles. The lowest BCUT2D eigenvalue weighted by Crippen LogP contribution is -2.31. The molecule has 1 saturated heterocycles. The second-order valence-corrected chi connectivity index (χ2v) is 6.17. The average molecular weight is 259 g/mol. The first-order valence-corrected chi connectivity index (χ1v) is 7.42. The van der Waals surface area contributed by atoms with Crippen LogP contribution in [0.15, 0.2) is 18.2 Å². The smallest absolute Gasteiger partial charge is 0.180 e. The molecule has 0 radical (unpaired) electrons. The highest BCUT2D eigenvalue weighted by Gasteiger charge is 2.25. The number of hydrogen-bond acceptors (Lipinski definition) is 2. The first-order chi connectivity index (χ1) is 9.00. The Balaban J connectivity index is 2.35. The number of carbonyl (C=O) groups excluding carboxylic acids is 1. The fourth-order valence-corrected chi connectivity index (χ4v) is 2.74. The molecule has 1 atom stereocenters. The highest BCUT2D eigenvalue weighted by Crippen LogP contribution is 2.26. The highest BCUT2D eigenvalue weighted by atomic mass is 16.1. The van der Waals surface area contributed by atoms with E-state index in [1.807, 2.05) is 6.07 Å². The van der Waals surface area contributed by atoms with Crippen molar-refractivity contribution in [3.63, 3.8) is 0 Å². The monoisotopic (exact) mass is 259 g/mol. The zero-order valence-corrected chi connectivity index (χ0v) is 12.5. The van der Waals surface area contributed by atoms with Gasteiger partial charge in [0.15, 0.2) is 5.78 Å². The van der Waals surface area contributed by atoms with Crippen molar-refractivity contribution < 1.29 is 4.79 Å². The van der Waals surface area contributed by atoms with Crippen molar-refractivity contribution in [1.82, 2.24) is 5.32 Å². The summed E-state index contributed by atoms with van der Waals surface area (Å²) in [5.74, 6) is 1.17. The third-order valence-corrected chi connectivity index (χ3v) is 4.01. The van der Waals surface area contributed by atoms with Crippen LogP contribution >= 0.6 is 0 Å². The molecule has 19 heavy (non-hydrogen) atoms. The van der Waals surface area contributed by atoms with Gasteiger partial charge in [-0.05, 0) is 42.3 Å². The quantitative estimate of drug-likeness (QED) is 0.832. The van der Waals surface area contributed by atoms with E-state index in [2.05, 4.69) is 45.1 Å². The van der Waals surface area contributed by atoms with E-state index in [4.69, 9.17) is 0 Å². The zero-order chi connectivity index (χ0) is 14.0. The van der Waals surface area contributed by atoms with Crippen molar-refractivity contribution in [2.75, 3.05) is 6.54 Å². The Labute approximate surface area is 116 Å². The average Bonchev–Trinajstić information content (AvgIpc) is 2.90. The van der Waals surface area contributed by atoms with Gasteiger partial charge in [-0.25, -0.2) is 0 Å². The maximum atomic E-state index is 12.6. The van der Waals surface area contributed by atoms with Crippen LogP contribution in [0.25, 0.3) is 0 Å². The van der Waals surface area contributed by atoms with Crippen molar-refractivity contribution in [2.24, 2.45) is 0 Å². The topological polar surface area (TPSA) is 29.1 Å². The number of ketones is 1. The molecule has 1 fully saturated rings. The van der Waals surface area contributed by atoms with Crippen LogP contribution in [0.5, 0.6) is 0 Å². The van der Waals surface area contributed by atoms with E-state index in [0.29, 0.717) is 11.8 Å². The molecule has 1 aromatic rings. The summed E-state index contributed by atoms with van der Waals surface area (Å²) in [5.41, 5.74) is 3.43. The van der Waals surface area contributed by atoms with Gasteiger partial charge in [0.25, 0.3) is 0 Å². The maximum Gasteiger partial charge on any atom is 0.180 e. The molecule has 104 valence electrons. The summed E-state index contributed by atoms with van der Waals surface area (Å²) in [4.78, 5) is 12.6. The van der Waals surface area contributed by atoms with Crippen LogP contribution in [-0.4, -0.2) is 18.4 Å². The van der Waals surface area contributed by atoms with Crippen LogP contribution in [0.2, 0.25) is 0 Å². The minimum Gasteiger partial charge on any atom is -0.307 e. The number of Topliss-reactive ketones (excluding diaryl/α,β-unsaturated/α-hetero) is 1. The minimum atomic E-state index is 0.0300. The minimum absolute atomic E-state index is 0.0300. The van der Waals surface area contributed by atoms with Crippen molar-refractivity contribution in [3.05, 3.63) is 34.9 Å². The largest absolute Gasteiger partial charge is 0.307 e. The first-order valence-electron chi connectivity index (χ1n) is 7.42. The molecule has 2 rings (SSSR count). The molecule has 2 nitrogen and oxygen atoms in total. The molecule has 0 bridgehead atoms. The Hall–Kier alpha value is -1.15. The molecule has 1 aromatic carbocycles. The predicted octanol–water partition coefficient (Wildman–Crippen LogP) is 3.87. The van der Waals surface area contributed by atoms with E-state index < -0.39 is 0 Å². The van der Waals surface area contributed by atoms with Crippen molar-refractivity contribution >= 4 is 5.78 Å². The Bertz CT molecular complexity index is 456. The molecular formula is C17H25NO. The molecule has 0 aromatic heterocycles. The van der Waals surface area contributed by atoms with Gasteiger partial charge in [-0.1, -0.05) is 45.9 Å². The number of nitrogens with one attached hydrogen (secondary N) is 1. The highest BCUT2D eigenvalue weighted by molar-refractivity contribution is 6.01. The number of hydrogen-bond donors (Lipinski definition) is 1. The van der Waals surface area contributed by atoms with E-state index in [-0.39, 0.29) is 11.8 Å². The van der Waals surface area contributed by atoms with Gasteiger partial charge in [0.05, 0.1) is 6.04 Å². The van der Waals surface area contributed by atoms with Crippen molar-refractivity contribution in [2.45, 2.75) is 58.4 Å². The predicted molar refractivity (Wildman–Crippen MR) is 80.0 cm³/mol. The molecule has 1 unspecified atom stereocenters. The summed E-state index contributed by atoms with van der Waals surface area (Å²) in [6.45, 7) is 9.69. The van der Waals surface area contributed by atoms with Crippen LogP contribution in [0.1, 0.15) is 73.9 Å². The van der Waals surface area contributed by atoms with Gasteiger partial charge in [0, 0.05) is 5.56 Å². The molecule has 0 spiro atoms. The van der Waals surface area contributed by atoms with E-state index in [9.17, 15) is 4.79 Å². The van der Waals surface area contributed by atoms with Crippen LogP contribution in [0, 0.1) is 0 Å². The molecule has 1 heterocycles. The summed E-state index contributed by atoms with van der Waals surface area (Å²) >= 11 is 0. The molecule has 0 amide bonds. The van der Waals surface area contributed by atoms with Crippen molar-refractivity contribution in [3.8, 4) is 0 Å². The fourth-order valence-electron chi connectivity index (χ4n) is 2.74. The lowest BCUT2D eigenvalue weighted by Gasteiger charge is -2.18. The SMILES string of the molecule is CC(C)c1ccc(C(=O)C2CCCN2)c(C(C)C)c1. The van der Waals surface area contributed by atoms with Gasteiger partial charge in [0.1, 0.15) is 0 Å². The lowest BCUT2D eigenvalue weighted by atomic mass is 9.88. The summed E-state index contributed by atoms with van der Waals surface area (Å²) < 4.78 is 0. The van der Waals surface area contributed by atoms with Crippen molar-refractivity contribution in [1.29, 1.82) is 0 Å². The fraction of sp³-hybridized carbons (Fsp3) is 0.588. The molecule has 0 aliphatic carbocycles. The lowest BCUT2D eigenvalue weighted by molar-refractivity contribution is 0.0951. The summed E-state index contributed by atoms with van der Waals surface area (Å²) in [7, 11) is 0. The van der Waals surface area contributed by atoms with E-state index in [1.54, 1.807) is 0 Å². The van der Waals surface area contributed by atoms with E-state index >= 15 is 0 Å². The van der Waals surface area contributed by atoms with Gasteiger partial charge in [-0.3, -0.25) is 4.79 Å². The molecule has 1 N–H and O–H groups in total. The molecule has 1 aliphatic rings. The van der Waals surface area contributed by atoms with Crippen LogP contribution in [-0.2, 0) is 0 Å². The van der Waals surface area contributed by atoms with Gasteiger partial charge < -0.3 is 5.32 Å². The standard InChI is InChI=1S/C17H25NO/c1-11(2)13-7-8-14(15(10-13)12(3)4)17(19)16-6-5-9-18-16/h7-8,10-12,16,18H,5-6,9H2,1-4H3. The first kappa shape index (κ1) is 14.3. The van der Waals surface area contributed by atoms with Gasteiger partial charge >= 0.3 is 0 Å². The van der Waals surface area contributed by atoms with Crippen LogP contribution in [0.4, 0.5) is 0 Å². The zero-order valence-electron chi connectivity index (χ0n) is 12.5. The maximum absolute atomic E-state index is 12.6. The third-order valence-electron chi connectivity index (χ3n) is 4.01. The van der Waals surface area contributed by atoms with Gasteiger partial charge in [0.2, 0.25) is 0 Å². The van der Waals surface area contributed by atoms with Crippen LogP contribution in [0.3, 0.4) is 0 Å². The normalized spacial score (nSPS) is 19.4. The van der Waals surface area contributed by atoms with Gasteiger partial charge in [-0.2, -0.15) is 0 Å².